The SMILES string of the molecule is NC1C=CC(C(=O)Nc2ccc(Br)c(C(=O)O)c2)C1. The van der Waals surface area contributed by atoms with Gasteiger partial charge in [0.1, 0.15) is 0 Å². The zero-order chi connectivity index (χ0) is 14.0. The molecular formula is C13H13BrN2O3. The molecule has 19 heavy (non-hydrogen) atoms. The summed E-state index contributed by atoms with van der Waals surface area (Å²) in [5.74, 6) is -1.49. The van der Waals surface area contributed by atoms with E-state index in [9.17, 15) is 9.59 Å². The van der Waals surface area contributed by atoms with Gasteiger partial charge in [0.05, 0.1) is 11.5 Å². The number of halogens is 1. The maximum Gasteiger partial charge on any atom is 0.336 e. The standard InChI is InChI=1S/C13H13BrN2O3/c14-11-4-3-9(6-10(11)13(18)19)16-12(17)7-1-2-8(15)5-7/h1-4,6-8H,5,15H2,(H,16,17)(H,18,19). The maximum absolute atomic E-state index is 11.9. The van der Waals surface area contributed by atoms with Crippen molar-refractivity contribution >= 4 is 33.5 Å². The smallest absolute Gasteiger partial charge is 0.336 e. The van der Waals surface area contributed by atoms with Crippen molar-refractivity contribution < 1.29 is 14.7 Å². The van der Waals surface area contributed by atoms with Gasteiger partial charge in [-0.1, -0.05) is 12.2 Å². The van der Waals surface area contributed by atoms with Crippen LogP contribution in [0.4, 0.5) is 5.69 Å². The number of hydrogen-bond acceptors (Lipinski definition) is 3. The van der Waals surface area contributed by atoms with Crippen molar-refractivity contribution in [2.45, 2.75) is 12.5 Å². The first kappa shape index (κ1) is 13.8. The number of aromatic carboxylic acids is 1. The molecule has 2 rings (SSSR count). The summed E-state index contributed by atoms with van der Waals surface area (Å²) in [4.78, 5) is 22.9. The summed E-state index contributed by atoms with van der Waals surface area (Å²) in [7, 11) is 0. The van der Waals surface area contributed by atoms with E-state index in [0.717, 1.165) is 0 Å². The summed E-state index contributed by atoms with van der Waals surface area (Å²) in [5, 5.41) is 11.7. The first-order valence-corrected chi connectivity index (χ1v) is 6.54. The zero-order valence-electron chi connectivity index (χ0n) is 9.97. The number of nitrogens with one attached hydrogen (secondary N) is 1. The lowest BCUT2D eigenvalue weighted by molar-refractivity contribution is -0.118. The minimum atomic E-state index is -1.05. The van der Waals surface area contributed by atoms with Crippen LogP contribution < -0.4 is 11.1 Å². The second-order valence-corrected chi connectivity index (χ2v) is 5.23. The number of carbonyl (C=O) groups is 2. The van der Waals surface area contributed by atoms with Crippen LogP contribution in [0, 0.1) is 5.92 Å². The topological polar surface area (TPSA) is 92.4 Å². The van der Waals surface area contributed by atoms with E-state index >= 15 is 0 Å². The summed E-state index contributed by atoms with van der Waals surface area (Å²) >= 11 is 3.15. The Morgan fingerprint density at radius 1 is 1.37 bits per heavy atom. The van der Waals surface area contributed by atoms with Crippen LogP contribution in [-0.4, -0.2) is 23.0 Å². The van der Waals surface area contributed by atoms with Crippen molar-refractivity contribution in [3.8, 4) is 0 Å². The average molecular weight is 325 g/mol. The quantitative estimate of drug-likeness (QED) is 0.741. The van der Waals surface area contributed by atoms with Gasteiger partial charge < -0.3 is 16.2 Å². The summed E-state index contributed by atoms with van der Waals surface area (Å²) in [6, 6.07) is 4.57. The highest BCUT2D eigenvalue weighted by Crippen LogP contribution is 2.23. The molecule has 4 N–H and O–H groups in total. The molecule has 0 heterocycles. The maximum atomic E-state index is 11.9. The summed E-state index contributed by atoms with van der Waals surface area (Å²) in [6.07, 6.45) is 4.15. The highest BCUT2D eigenvalue weighted by Gasteiger charge is 2.23. The van der Waals surface area contributed by atoms with E-state index in [1.54, 1.807) is 24.3 Å². The number of rotatable bonds is 3. The van der Waals surface area contributed by atoms with Crippen LogP contribution >= 0.6 is 15.9 Å². The molecule has 0 saturated heterocycles. The highest BCUT2D eigenvalue weighted by molar-refractivity contribution is 9.10. The molecule has 0 bridgehead atoms. The third-order valence-corrected chi connectivity index (χ3v) is 3.61. The van der Waals surface area contributed by atoms with Gasteiger partial charge in [0, 0.05) is 16.2 Å². The second kappa shape index (κ2) is 5.54. The molecule has 0 aromatic heterocycles. The molecule has 0 aliphatic heterocycles. The Kier molecular flexibility index (Phi) is 4.01. The van der Waals surface area contributed by atoms with Crippen molar-refractivity contribution in [3.63, 3.8) is 0 Å². The van der Waals surface area contributed by atoms with E-state index in [0.29, 0.717) is 16.6 Å². The Bertz CT molecular complexity index is 557. The van der Waals surface area contributed by atoms with Gasteiger partial charge in [-0.2, -0.15) is 0 Å². The number of carboxylic acids is 1. The predicted octanol–water partition coefficient (Wildman–Crippen LogP) is 1.99. The molecule has 1 aliphatic rings. The molecule has 1 aromatic rings. The lowest BCUT2D eigenvalue weighted by atomic mass is 10.1. The van der Waals surface area contributed by atoms with Gasteiger partial charge in [0.2, 0.25) is 5.91 Å². The fourth-order valence-electron chi connectivity index (χ4n) is 1.92. The van der Waals surface area contributed by atoms with Crippen LogP contribution in [0.5, 0.6) is 0 Å². The van der Waals surface area contributed by atoms with Gasteiger partial charge in [0.15, 0.2) is 0 Å². The van der Waals surface area contributed by atoms with Crippen molar-refractivity contribution in [2.75, 3.05) is 5.32 Å². The molecule has 1 aliphatic carbocycles. The summed E-state index contributed by atoms with van der Waals surface area (Å²) in [6.45, 7) is 0. The molecule has 1 amide bonds. The fourth-order valence-corrected chi connectivity index (χ4v) is 2.34. The van der Waals surface area contributed by atoms with Gasteiger partial charge >= 0.3 is 5.97 Å². The Balaban J connectivity index is 2.11. The van der Waals surface area contributed by atoms with Gasteiger partial charge in [-0.25, -0.2) is 4.79 Å². The molecule has 1 aromatic carbocycles. The second-order valence-electron chi connectivity index (χ2n) is 4.38. The monoisotopic (exact) mass is 324 g/mol. The lowest BCUT2D eigenvalue weighted by Gasteiger charge is -2.11. The first-order chi connectivity index (χ1) is 8.97. The predicted molar refractivity (Wildman–Crippen MR) is 75.0 cm³/mol. The van der Waals surface area contributed by atoms with E-state index in [2.05, 4.69) is 21.2 Å². The zero-order valence-corrected chi connectivity index (χ0v) is 11.6. The average Bonchev–Trinajstić information content (AvgIpc) is 2.78. The number of carbonyl (C=O) groups excluding carboxylic acids is 1. The Morgan fingerprint density at radius 3 is 2.68 bits per heavy atom. The number of nitrogens with two attached hydrogens (primary N) is 1. The van der Waals surface area contributed by atoms with Gasteiger partial charge in [0.25, 0.3) is 0 Å². The number of anilines is 1. The number of hydrogen-bond donors (Lipinski definition) is 3. The minimum Gasteiger partial charge on any atom is -0.478 e. The van der Waals surface area contributed by atoms with Crippen molar-refractivity contribution in [1.29, 1.82) is 0 Å². The van der Waals surface area contributed by atoms with E-state index in [1.165, 1.54) is 6.07 Å². The number of carboxylic acid groups (broad SMARTS) is 1. The molecule has 0 radical (unpaired) electrons. The van der Waals surface area contributed by atoms with Crippen LogP contribution in [-0.2, 0) is 4.79 Å². The summed E-state index contributed by atoms with van der Waals surface area (Å²) in [5.41, 5.74) is 6.25. The number of benzene rings is 1. The van der Waals surface area contributed by atoms with Crippen molar-refractivity contribution in [2.24, 2.45) is 11.7 Å². The third kappa shape index (κ3) is 3.21. The minimum absolute atomic E-state index is 0.0877. The molecule has 2 atom stereocenters. The van der Waals surface area contributed by atoms with E-state index in [1.807, 2.05) is 0 Å². The van der Waals surface area contributed by atoms with E-state index in [-0.39, 0.29) is 23.4 Å². The molecular weight excluding hydrogens is 312 g/mol. The fraction of sp³-hybridized carbons (Fsp3) is 0.231. The van der Waals surface area contributed by atoms with Crippen LogP contribution in [0.1, 0.15) is 16.8 Å². The molecule has 0 fully saturated rings. The summed E-state index contributed by atoms with van der Waals surface area (Å²) < 4.78 is 0.473. The third-order valence-electron chi connectivity index (χ3n) is 2.92. The Hall–Kier alpha value is -1.66. The molecule has 5 nitrogen and oxygen atoms in total. The lowest BCUT2D eigenvalue weighted by Crippen LogP contribution is -2.24. The first-order valence-electron chi connectivity index (χ1n) is 5.75. The molecule has 0 spiro atoms. The molecule has 0 saturated carbocycles. The molecule has 2 unspecified atom stereocenters. The van der Waals surface area contributed by atoms with Crippen LogP contribution in [0.15, 0.2) is 34.8 Å². The molecule has 6 heteroatoms. The van der Waals surface area contributed by atoms with Gasteiger partial charge in [-0.15, -0.1) is 0 Å². The Labute approximate surface area is 118 Å². The van der Waals surface area contributed by atoms with Crippen LogP contribution in [0.25, 0.3) is 0 Å². The number of amides is 1. The van der Waals surface area contributed by atoms with E-state index < -0.39 is 5.97 Å². The Morgan fingerprint density at radius 2 is 2.11 bits per heavy atom. The van der Waals surface area contributed by atoms with Crippen molar-refractivity contribution in [1.82, 2.24) is 0 Å². The molecule has 100 valence electrons. The van der Waals surface area contributed by atoms with Crippen LogP contribution in [0.2, 0.25) is 0 Å². The highest BCUT2D eigenvalue weighted by atomic mass is 79.9. The van der Waals surface area contributed by atoms with Crippen molar-refractivity contribution in [3.05, 3.63) is 40.4 Å². The largest absolute Gasteiger partial charge is 0.478 e. The normalized spacial score (nSPS) is 21.4. The van der Waals surface area contributed by atoms with Crippen LogP contribution in [0.3, 0.4) is 0 Å². The van der Waals surface area contributed by atoms with E-state index in [4.69, 9.17) is 10.8 Å². The van der Waals surface area contributed by atoms with Gasteiger partial charge in [-0.3, -0.25) is 4.79 Å². The van der Waals surface area contributed by atoms with Gasteiger partial charge in [-0.05, 0) is 40.5 Å².